The van der Waals surface area contributed by atoms with Crippen LogP contribution in [-0.2, 0) is 59.9 Å². The first-order valence-electron chi connectivity index (χ1n) is 26.1. The molecule has 422 valence electrons. The SMILES string of the molecule is CCCCCCCCCCCCCCCCCC(=O)OCC(COP(=O)(O)OC1[C@H](O)[C@H](OP(=O)(O)O)C(OP(=O)(O)O)[C@H](OP(=O)(O)O)[C@H]1O)OC(=O)CCCCCCCCCCCCCCCCC. The van der Waals surface area contributed by atoms with E-state index in [0.717, 1.165) is 57.8 Å². The Kier molecular flexibility index (Phi) is 37.3. The van der Waals surface area contributed by atoms with Crippen molar-refractivity contribution in [2.24, 2.45) is 0 Å². The van der Waals surface area contributed by atoms with Crippen LogP contribution in [0.2, 0.25) is 0 Å². The van der Waals surface area contributed by atoms with Crippen molar-refractivity contribution in [1.29, 1.82) is 0 Å². The quantitative estimate of drug-likeness (QED) is 0.0155. The molecule has 9 N–H and O–H groups in total. The summed E-state index contributed by atoms with van der Waals surface area (Å²) in [6.45, 7) is 2.79. The van der Waals surface area contributed by atoms with E-state index in [0.29, 0.717) is 12.8 Å². The van der Waals surface area contributed by atoms with Gasteiger partial charge in [0.05, 0.1) is 6.61 Å². The molecule has 0 amide bonds. The topological polar surface area (TPSA) is 349 Å². The van der Waals surface area contributed by atoms with Gasteiger partial charge in [-0.2, -0.15) is 0 Å². The molecule has 1 aliphatic rings. The Morgan fingerprint density at radius 1 is 0.394 bits per heavy atom. The number of ether oxygens (including phenoxy) is 2. The number of phosphoric ester groups is 4. The van der Waals surface area contributed by atoms with Crippen molar-refractivity contribution in [2.45, 2.75) is 262 Å². The fourth-order valence-electron chi connectivity index (χ4n) is 8.38. The average Bonchev–Trinajstić information content (AvgIpc) is 3.27. The second kappa shape index (κ2) is 38.8. The Morgan fingerprint density at radius 2 is 0.690 bits per heavy atom. The first-order chi connectivity index (χ1) is 33.5. The molecule has 0 aromatic heterocycles. The normalized spacial score (nSPS) is 21.2. The fourth-order valence-corrected chi connectivity index (χ4v) is 11.0. The maximum Gasteiger partial charge on any atom is 0.472 e. The summed E-state index contributed by atoms with van der Waals surface area (Å²) in [4.78, 5) is 93.0. The highest BCUT2D eigenvalue weighted by molar-refractivity contribution is 7.47. The number of hydrogen-bond donors (Lipinski definition) is 9. The Balaban J connectivity index is 2.84. The van der Waals surface area contributed by atoms with Crippen molar-refractivity contribution in [2.75, 3.05) is 13.2 Å². The van der Waals surface area contributed by atoms with Crippen LogP contribution in [0.15, 0.2) is 0 Å². The summed E-state index contributed by atoms with van der Waals surface area (Å²) in [6, 6.07) is 0. The summed E-state index contributed by atoms with van der Waals surface area (Å²) < 4.78 is 82.3. The number of carbonyl (C=O) groups is 2. The minimum atomic E-state index is -5.79. The maximum atomic E-state index is 13.3. The minimum absolute atomic E-state index is 0.0421. The highest BCUT2D eigenvalue weighted by Crippen LogP contribution is 2.53. The lowest BCUT2D eigenvalue weighted by atomic mass is 9.85. The predicted octanol–water partition coefficient (Wildman–Crippen LogP) is 9.64. The van der Waals surface area contributed by atoms with Crippen LogP contribution in [0.25, 0.3) is 0 Å². The van der Waals surface area contributed by atoms with Crippen molar-refractivity contribution >= 4 is 43.2 Å². The molecule has 22 nitrogen and oxygen atoms in total. The fraction of sp³-hybridized carbons (Fsp3) is 0.956. The summed E-state index contributed by atoms with van der Waals surface area (Å²) in [7, 11) is -23.0. The first kappa shape index (κ1) is 68.3. The van der Waals surface area contributed by atoms with Crippen LogP contribution in [-0.4, -0.2) is 112 Å². The van der Waals surface area contributed by atoms with Gasteiger partial charge in [0.15, 0.2) is 6.10 Å². The third-order valence-corrected chi connectivity index (χ3v) is 14.7. The Labute approximate surface area is 421 Å². The van der Waals surface area contributed by atoms with Gasteiger partial charge < -0.3 is 53.9 Å². The number of rotatable bonds is 46. The first-order valence-corrected chi connectivity index (χ1v) is 32.2. The van der Waals surface area contributed by atoms with Gasteiger partial charge in [-0.3, -0.25) is 32.2 Å². The third-order valence-electron chi connectivity index (χ3n) is 12.1. The minimum Gasteiger partial charge on any atom is -0.462 e. The van der Waals surface area contributed by atoms with E-state index >= 15 is 0 Å². The van der Waals surface area contributed by atoms with Gasteiger partial charge in [0, 0.05) is 12.8 Å². The predicted molar refractivity (Wildman–Crippen MR) is 263 cm³/mol. The molecule has 0 radical (unpaired) electrons. The Morgan fingerprint density at radius 3 is 1.01 bits per heavy atom. The van der Waals surface area contributed by atoms with E-state index in [1.54, 1.807) is 0 Å². The lowest BCUT2D eigenvalue weighted by molar-refractivity contribution is -0.209. The van der Waals surface area contributed by atoms with Gasteiger partial charge in [0.1, 0.15) is 43.2 Å². The molecular formula is C45H90O22P4. The van der Waals surface area contributed by atoms with Crippen LogP contribution >= 0.6 is 31.3 Å². The number of aliphatic hydroxyl groups is 2. The number of hydrogen-bond acceptors (Lipinski definition) is 15. The van der Waals surface area contributed by atoms with Crippen LogP contribution in [0, 0.1) is 0 Å². The summed E-state index contributed by atoms with van der Waals surface area (Å²) in [6.07, 6.45) is 15.8. The van der Waals surface area contributed by atoms with Crippen molar-refractivity contribution < 1.29 is 104 Å². The summed E-state index contributed by atoms with van der Waals surface area (Å²) in [5.74, 6) is -1.39. The zero-order chi connectivity index (χ0) is 53.2. The second-order valence-corrected chi connectivity index (χ2v) is 23.7. The Bertz CT molecular complexity index is 1550. The standard InChI is InChI=1S/C45H90O22P4/c1-3-5-7-9-11-13-15-17-19-21-23-25-27-29-31-33-38(46)61-35-37(63-39(47)34-32-30-28-26-24-22-20-18-16-14-12-10-8-6-4-2)36-62-71(59,60)67-42-40(48)43(64-68(50,51)52)45(66-70(56,57)58)44(41(42)49)65-69(53,54)55/h37,40-45,48-49H,3-36H2,1-2H3,(H,59,60)(H2,50,51,52)(H2,53,54,55)(H2,56,57,58)/t37?,40-,41-,42?,43-,44+,45?/m0/s1. The molecule has 71 heavy (non-hydrogen) atoms. The highest BCUT2D eigenvalue weighted by atomic mass is 31.2. The number of esters is 2. The molecule has 1 rings (SSSR count). The molecule has 4 unspecified atom stereocenters. The van der Waals surface area contributed by atoms with Crippen LogP contribution in [0.4, 0.5) is 0 Å². The van der Waals surface area contributed by atoms with Crippen molar-refractivity contribution in [3.05, 3.63) is 0 Å². The van der Waals surface area contributed by atoms with E-state index in [-0.39, 0.29) is 12.8 Å². The molecule has 0 aromatic rings. The number of phosphoric acid groups is 4. The van der Waals surface area contributed by atoms with E-state index < -0.39 is 99.2 Å². The largest absolute Gasteiger partial charge is 0.472 e. The average molecular weight is 1110 g/mol. The molecule has 8 atom stereocenters. The van der Waals surface area contributed by atoms with Gasteiger partial charge in [-0.05, 0) is 12.8 Å². The summed E-state index contributed by atoms with van der Waals surface area (Å²) in [5, 5.41) is 21.9. The third kappa shape index (κ3) is 36.8. The molecule has 1 fully saturated rings. The lowest BCUT2D eigenvalue weighted by Crippen LogP contribution is -2.65. The van der Waals surface area contributed by atoms with Crippen molar-refractivity contribution in [1.82, 2.24) is 0 Å². The van der Waals surface area contributed by atoms with Crippen LogP contribution in [0.5, 0.6) is 0 Å². The highest BCUT2D eigenvalue weighted by Gasteiger charge is 2.59. The number of unbranched alkanes of at least 4 members (excludes halogenated alkanes) is 28. The van der Waals surface area contributed by atoms with Crippen LogP contribution < -0.4 is 0 Å². The number of aliphatic hydroxyl groups excluding tert-OH is 2. The van der Waals surface area contributed by atoms with Crippen molar-refractivity contribution in [3.63, 3.8) is 0 Å². The number of carbonyl (C=O) groups excluding carboxylic acids is 2. The molecule has 1 aliphatic carbocycles. The molecule has 0 heterocycles. The molecule has 0 saturated heterocycles. The zero-order valence-electron chi connectivity index (χ0n) is 42.2. The molecule has 0 aromatic carbocycles. The van der Waals surface area contributed by atoms with E-state index in [9.17, 15) is 72.3 Å². The smallest absolute Gasteiger partial charge is 0.462 e. The Hall–Kier alpha value is -0.700. The van der Waals surface area contributed by atoms with Gasteiger partial charge in [0.25, 0.3) is 0 Å². The molecule has 0 bridgehead atoms. The zero-order valence-corrected chi connectivity index (χ0v) is 45.8. The van der Waals surface area contributed by atoms with Gasteiger partial charge in [-0.15, -0.1) is 0 Å². The molecule has 0 spiro atoms. The summed E-state index contributed by atoms with van der Waals surface area (Å²) >= 11 is 0. The van der Waals surface area contributed by atoms with Gasteiger partial charge in [-0.1, -0.05) is 194 Å². The van der Waals surface area contributed by atoms with Gasteiger partial charge >= 0.3 is 43.2 Å². The van der Waals surface area contributed by atoms with Gasteiger partial charge in [0.2, 0.25) is 0 Å². The van der Waals surface area contributed by atoms with Gasteiger partial charge in [-0.25, -0.2) is 18.3 Å². The molecule has 1 saturated carbocycles. The molecular weight excluding hydrogens is 1020 g/mol. The van der Waals surface area contributed by atoms with Crippen LogP contribution in [0.3, 0.4) is 0 Å². The van der Waals surface area contributed by atoms with E-state index in [4.69, 9.17) is 18.5 Å². The molecule has 0 aliphatic heterocycles. The maximum absolute atomic E-state index is 13.3. The molecule has 26 heteroatoms. The van der Waals surface area contributed by atoms with Crippen LogP contribution in [0.1, 0.15) is 219 Å². The lowest BCUT2D eigenvalue weighted by Gasteiger charge is -2.45. The second-order valence-electron chi connectivity index (χ2n) is 18.7. The van der Waals surface area contributed by atoms with E-state index in [1.165, 1.54) is 122 Å². The monoisotopic (exact) mass is 1110 g/mol. The van der Waals surface area contributed by atoms with E-state index in [2.05, 4.69) is 27.4 Å². The van der Waals surface area contributed by atoms with E-state index in [1.807, 2.05) is 0 Å². The summed E-state index contributed by atoms with van der Waals surface area (Å²) in [5.41, 5.74) is 0. The van der Waals surface area contributed by atoms with Crippen molar-refractivity contribution in [3.8, 4) is 0 Å².